The number of aliphatic hydroxyl groups excluding tert-OH is 1. The normalized spacial score (nSPS) is 12.0. The molecule has 0 saturated carbocycles. The summed E-state index contributed by atoms with van der Waals surface area (Å²) in [6.07, 6.45) is 13.0. The molecule has 0 amide bonds. The average Bonchev–Trinajstić information content (AvgIpc) is 2.65. The smallest absolute Gasteiger partial charge is 0.333 e. The van der Waals surface area contributed by atoms with Gasteiger partial charge >= 0.3 is 11.9 Å². The van der Waals surface area contributed by atoms with E-state index in [1.807, 2.05) is 0 Å². The van der Waals surface area contributed by atoms with Crippen molar-refractivity contribution >= 4 is 11.9 Å². The third-order valence-corrected chi connectivity index (χ3v) is 4.66. The Morgan fingerprint density at radius 2 is 1.39 bits per heavy atom. The standard InChI is InChI=1S/C23H42O5/c1-19(2)15-13-11-9-7-5-6-8-10-12-14-16-22(25)28-21(17-24)18-27-23(26)20(3)4/h19,21,24H,3,5-18H2,1-2,4H3. The van der Waals surface area contributed by atoms with Crippen LogP contribution >= 0.6 is 0 Å². The molecule has 0 bridgehead atoms. The molecule has 1 N–H and O–H groups in total. The Balaban J connectivity index is 3.53. The number of aliphatic hydroxyl groups is 1. The lowest BCUT2D eigenvalue weighted by Gasteiger charge is -2.15. The first-order valence-electron chi connectivity index (χ1n) is 11.0. The molecule has 1 atom stereocenters. The number of unbranched alkanes of at least 4 members (excludes halogenated alkanes) is 9. The van der Waals surface area contributed by atoms with Gasteiger partial charge in [0.2, 0.25) is 0 Å². The SMILES string of the molecule is C=C(C)C(=O)OCC(CO)OC(=O)CCCCCCCCCCCCC(C)C. The Morgan fingerprint density at radius 1 is 0.893 bits per heavy atom. The van der Waals surface area contributed by atoms with Crippen LogP contribution in [-0.2, 0) is 19.1 Å². The van der Waals surface area contributed by atoms with Crippen molar-refractivity contribution < 1.29 is 24.2 Å². The van der Waals surface area contributed by atoms with Gasteiger partial charge < -0.3 is 14.6 Å². The maximum atomic E-state index is 11.8. The molecule has 0 rings (SSSR count). The summed E-state index contributed by atoms with van der Waals surface area (Å²) in [5.74, 6) is -0.0808. The van der Waals surface area contributed by atoms with Crippen molar-refractivity contribution in [2.24, 2.45) is 5.92 Å². The molecule has 0 aromatic carbocycles. The molecule has 0 radical (unpaired) electrons. The molecule has 0 aliphatic rings. The predicted molar refractivity (Wildman–Crippen MR) is 113 cm³/mol. The molecule has 1 unspecified atom stereocenters. The molecule has 0 aromatic heterocycles. The van der Waals surface area contributed by atoms with Crippen molar-refractivity contribution in [2.75, 3.05) is 13.2 Å². The average molecular weight is 399 g/mol. The zero-order chi connectivity index (χ0) is 21.2. The highest BCUT2D eigenvalue weighted by Crippen LogP contribution is 2.14. The fraction of sp³-hybridized carbons (Fsp3) is 0.826. The van der Waals surface area contributed by atoms with Gasteiger partial charge in [0, 0.05) is 12.0 Å². The molecule has 0 aromatic rings. The van der Waals surface area contributed by atoms with Gasteiger partial charge in [-0.3, -0.25) is 4.79 Å². The molecule has 5 nitrogen and oxygen atoms in total. The minimum Gasteiger partial charge on any atom is -0.458 e. The molecule has 0 fully saturated rings. The van der Waals surface area contributed by atoms with Crippen molar-refractivity contribution in [3.05, 3.63) is 12.2 Å². The van der Waals surface area contributed by atoms with E-state index in [-0.39, 0.29) is 24.8 Å². The first-order chi connectivity index (χ1) is 13.4. The molecule has 0 aliphatic heterocycles. The summed E-state index contributed by atoms with van der Waals surface area (Å²) in [5.41, 5.74) is 0.272. The summed E-state index contributed by atoms with van der Waals surface area (Å²) >= 11 is 0. The molecular formula is C23H42O5. The van der Waals surface area contributed by atoms with E-state index >= 15 is 0 Å². The van der Waals surface area contributed by atoms with Crippen molar-refractivity contribution in [3.8, 4) is 0 Å². The Hall–Kier alpha value is -1.36. The van der Waals surface area contributed by atoms with E-state index in [0.717, 1.165) is 25.2 Å². The predicted octanol–water partition coefficient (Wildman–Crippen LogP) is 5.35. The van der Waals surface area contributed by atoms with E-state index in [9.17, 15) is 14.7 Å². The van der Waals surface area contributed by atoms with Gasteiger partial charge in [0.05, 0.1) is 6.61 Å². The molecular weight excluding hydrogens is 356 g/mol. The molecule has 5 heteroatoms. The second kappa shape index (κ2) is 17.7. The van der Waals surface area contributed by atoms with Gasteiger partial charge in [-0.15, -0.1) is 0 Å². The molecule has 0 heterocycles. The fourth-order valence-corrected chi connectivity index (χ4v) is 2.90. The lowest BCUT2D eigenvalue weighted by Crippen LogP contribution is -2.28. The van der Waals surface area contributed by atoms with Crippen LogP contribution in [0.15, 0.2) is 12.2 Å². The fourth-order valence-electron chi connectivity index (χ4n) is 2.90. The van der Waals surface area contributed by atoms with E-state index in [1.165, 1.54) is 58.3 Å². The van der Waals surface area contributed by atoms with Gasteiger partial charge in [-0.1, -0.05) is 84.6 Å². The summed E-state index contributed by atoms with van der Waals surface area (Å²) in [5, 5.41) is 9.22. The first kappa shape index (κ1) is 26.6. The summed E-state index contributed by atoms with van der Waals surface area (Å²) in [7, 11) is 0. The quantitative estimate of drug-likeness (QED) is 0.191. The van der Waals surface area contributed by atoms with Gasteiger partial charge in [-0.2, -0.15) is 0 Å². The molecule has 0 spiro atoms. The Labute approximate surface area is 171 Å². The highest BCUT2D eigenvalue weighted by atomic mass is 16.6. The lowest BCUT2D eigenvalue weighted by molar-refractivity contribution is -0.159. The summed E-state index contributed by atoms with van der Waals surface area (Å²) < 4.78 is 10.0. The van der Waals surface area contributed by atoms with Crippen LogP contribution in [0.1, 0.15) is 97.8 Å². The Morgan fingerprint density at radius 3 is 1.86 bits per heavy atom. The third-order valence-electron chi connectivity index (χ3n) is 4.66. The van der Waals surface area contributed by atoms with E-state index in [1.54, 1.807) is 0 Å². The number of ether oxygens (including phenoxy) is 2. The van der Waals surface area contributed by atoms with Crippen LogP contribution in [-0.4, -0.2) is 36.4 Å². The van der Waals surface area contributed by atoms with Crippen LogP contribution in [0.3, 0.4) is 0 Å². The molecule has 0 saturated heterocycles. The van der Waals surface area contributed by atoms with Crippen LogP contribution in [0.25, 0.3) is 0 Å². The van der Waals surface area contributed by atoms with E-state index < -0.39 is 12.1 Å². The maximum Gasteiger partial charge on any atom is 0.333 e. The maximum absolute atomic E-state index is 11.8. The number of hydrogen-bond donors (Lipinski definition) is 1. The van der Waals surface area contributed by atoms with Crippen LogP contribution in [0, 0.1) is 5.92 Å². The van der Waals surface area contributed by atoms with Crippen LogP contribution in [0.2, 0.25) is 0 Å². The van der Waals surface area contributed by atoms with Gasteiger partial charge in [0.15, 0.2) is 6.10 Å². The lowest BCUT2D eigenvalue weighted by atomic mass is 10.0. The van der Waals surface area contributed by atoms with E-state index in [2.05, 4.69) is 20.4 Å². The van der Waals surface area contributed by atoms with Crippen molar-refractivity contribution in [3.63, 3.8) is 0 Å². The van der Waals surface area contributed by atoms with Crippen molar-refractivity contribution in [1.29, 1.82) is 0 Å². The number of carbonyl (C=O) groups excluding carboxylic acids is 2. The van der Waals surface area contributed by atoms with Crippen LogP contribution in [0.4, 0.5) is 0 Å². The van der Waals surface area contributed by atoms with E-state index in [4.69, 9.17) is 9.47 Å². The number of hydrogen-bond acceptors (Lipinski definition) is 5. The second-order valence-corrected chi connectivity index (χ2v) is 8.14. The van der Waals surface area contributed by atoms with Crippen LogP contribution < -0.4 is 0 Å². The Kier molecular flexibility index (Phi) is 16.9. The molecule has 0 aliphatic carbocycles. The number of rotatable bonds is 18. The Bertz CT molecular complexity index is 431. The van der Waals surface area contributed by atoms with Gasteiger partial charge in [-0.25, -0.2) is 4.79 Å². The largest absolute Gasteiger partial charge is 0.458 e. The molecule has 28 heavy (non-hydrogen) atoms. The zero-order valence-corrected chi connectivity index (χ0v) is 18.3. The third kappa shape index (κ3) is 16.8. The van der Waals surface area contributed by atoms with Crippen molar-refractivity contribution in [1.82, 2.24) is 0 Å². The topological polar surface area (TPSA) is 72.8 Å². The second-order valence-electron chi connectivity index (χ2n) is 8.14. The minimum absolute atomic E-state index is 0.147. The number of carbonyl (C=O) groups is 2. The monoisotopic (exact) mass is 398 g/mol. The highest BCUT2D eigenvalue weighted by Gasteiger charge is 2.16. The van der Waals surface area contributed by atoms with Gasteiger partial charge in [-0.05, 0) is 19.3 Å². The molecule has 164 valence electrons. The van der Waals surface area contributed by atoms with Gasteiger partial charge in [0.25, 0.3) is 0 Å². The van der Waals surface area contributed by atoms with E-state index in [0.29, 0.717) is 6.42 Å². The summed E-state index contributed by atoms with van der Waals surface area (Å²) in [4.78, 5) is 23.1. The first-order valence-corrected chi connectivity index (χ1v) is 11.0. The summed E-state index contributed by atoms with van der Waals surface area (Å²) in [6.45, 7) is 9.06. The number of esters is 2. The highest BCUT2D eigenvalue weighted by molar-refractivity contribution is 5.86. The summed E-state index contributed by atoms with van der Waals surface area (Å²) in [6, 6.07) is 0. The zero-order valence-electron chi connectivity index (χ0n) is 18.3. The van der Waals surface area contributed by atoms with Gasteiger partial charge in [0.1, 0.15) is 6.61 Å². The van der Waals surface area contributed by atoms with Crippen molar-refractivity contribution in [2.45, 2.75) is 104 Å². The van der Waals surface area contributed by atoms with Crippen LogP contribution in [0.5, 0.6) is 0 Å². The minimum atomic E-state index is -0.809.